The summed E-state index contributed by atoms with van der Waals surface area (Å²) >= 11 is 0. The highest BCUT2D eigenvalue weighted by molar-refractivity contribution is 7.89. The first kappa shape index (κ1) is 23.2. The zero-order valence-electron chi connectivity index (χ0n) is 19.5. The van der Waals surface area contributed by atoms with Crippen molar-refractivity contribution in [2.75, 3.05) is 76.5 Å². The Kier molecular flexibility index (Phi) is 7.30. The van der Waals surface area contributed by atoms with Crippen LogP contribution in [0.4, 0.5) is 5.69 Å². The van der Waals surface area contributed by atoms with E-state index in [4.69, 9.17) is 14.2 Å². The second-order valence-electron chi connectivity index (χ2n) is 9.81. The SMILES string of the molecule is O=S(=O)(CC1CCC(CCN2CCN(c3cccc4c3OCO4)CC2)CC1)N1CCOCC1. The quantitative estimate of drug-likeness (QED) is 0.595. The summed E-state index contributed by atoms with van der Waals surface area (Å²) in [6.45, 7) is 7.67. The van der Waals surface area contributed by atoms with Gasteiger partial charge in [-0.1, -0.05) is 18.9 Å². The predicted molar refractivity (Wildman–Crippen MR) is 127 cm³/mol. The maximum absolute atomic E-state index is 12.7. The van der Waals surface area contributed by atoms with Crippen molar-refractivity contribution in [1.82, 2.24) is 9.21 Å². The molecule has 184 valence electrons. The fourth-order valence-corrected chi connectivity index (χ4v) is 7.50. The molecular weight excluding hydrogens is 442 g/mol. The third kappa shape index (κ3) is 5.58. The molecule has 0 radical (unpaired) electrons. The number of hydrogen-bond donors (Lipinski definition) is 0. The van der Waals surface area contributed by atoms with Crippen molar-refractivity contribution >= 4 is 15.7 Å². The minimum Gasteiger partial charge on any atom is -0.454 e. The highest BCUT2D eigenvalue weighted by Gasteiger charge is 2.31. The third-order valence-electron chi connectivity index (χ3n) is 7.72. The van der Waals surface area contributed by atoms with Crippen LogP contribution >= 0.6 is 0 Å². The maximum Gasteiger partial charge on any atom is 0.231 e. The van der Waals surface area contributed by atoms with Crippen molar-refractivity contribution in [2.24, 2.45) is 11.8 Å². The molecule has 0 aromatic heterocycles. The average molecular weight is 480 g/mol. The lowest BCUT2D eigenvalue weighted by Crippen LogP contribution is -2.47. The number of fused-ring (bicyclic) bond motifs is 1. The van der Waals surface area contributed by atoms with Crippen LogP contribution in [0.15, 0.2) is 18.2 Å². The Morgan fingerprint density at radius 3 is 2.36 bits per heavy atom. The lowest BCUT2D eigenvalue weighted by Gasteiger charge is -2.37. The summed E-state index contributed by atoms with van der Waals surface area (Å²) in [7, 11) is -3.14. The highest BCUT2D eigenvalue weighted by atomic mass is 32.2. The lowest BCUT2D eigenvalue weighted by molar-refractivity contribution is 0.0727. The van der Waals surface area contributed by atoms with Crippen LogP contribution in [0.3, 0.4) is 0 Å². The first-order chi connectivity index (χ1) is 16.1. The first-order valence-electron chi connectivity index (χ1n) is 12.5. The minimum absolute atomic E-state index is 0.313. The van der Waals surface area contributed by atoms with Crippen LogP contribution in [0.1, 0.15) is 32.1 Å². The Labute approximate surface area is 197 Å². The molecular formula is C24H37N3O5S. The molecule has 2 saturated heterocycles. The third-order valence-corrected chi connectivity index (χ3v) is 9.76. The maximum atomic E-state index is 12.7. The van der Waals surface area contributed by atoms with Gasteiger partial charge in [-0.2, -0.15) is 4.31 Å². The van der Waals surface area contributed by atoms with Gasteiger partial charge < -0.3 is 19.1 Å². The van der Waals surface area contributed by atoms with E-state index in [2.05, 4.69) is 15.9 Å². The van der Waals surface area contributed by atoms with Crippen LogP contribution in [-0.2, 0) is 14.8 Å². The molecule has 3 heterocycles. The Morgan fingerprint density at radius 1 is 0.879 bits per heavy atom. The normalized spacial score (nSPS) is 27.1. The first-order valence-corrected chi connectivity index (χ1v) is 14.1. The molecule has 1 aromatic rings. The van der Waals surface area contributed by atoms with Gasteiger partial charge in [-0.25, -0.2) is 8.42 Å². The summed E-state index contributed by atoms with van der Waals surface area (Å²) in [6, 6.07) is 6.13. The second kappa shape index (κ2) is 10.4. The van der Waals surface area contributed by atoms with Crippen molar-refractivity contribution in [3.05, 3.63) is 18.2 Å². The Morgan fingerprint density at radius 2 is 1.61 bits per heavy atom. The van der Waals surface area contributed by atoms with Gasteiger partial charge in [0.05, 0.1) is 24.7 Å². The van der Waals surface area contributed by atoms with Gasteiger partial charge in [0.25, 0.3) is 0 Å². The van der Waals surface area contributed by atoms with Crippen LogP contribution in [0, 0.1) is 11.8 Å². The van der Waals surface area contributed by atoms with Gasteiger partial charge in [-0.05, 0) is 49.8 Å². The van der Waals surface area contributed by atoms with E-state index in [-0.39, 0.29) is 0 Å². The number of hydrogen-bond acceptors (Lipinski definition) is 7. The van der Waals surface area contributed by atoms with Gasteiger partial charge in [0.15, 0.2) is 11.5 Å². The Bertz CT molecular complexity index is 889. The van der Waals surface area contributed by atoms with E-state index in [1.54, 1.807) is 4.31 Å². The number of benzene rings is 1. The zero-order valence-corrected chi connectivity index (χ0v) is 20.3. The number of piperazine rings is 1. The summed E-state index contributed by atoms with van der Waals surface area (Å²) in [4.78, 5) is 4.98. The highest BCUT2D eigenvalue weighted by Crippen LogP contribution is 2.41. The van der Waals surface area contributed by atoms with E-state index < -0.39 is 10.0 Å². The lowest BCUT2D eigenvalue weighted by atomic mass is 9.81. The van der Waals surface area contributed by atoms with E-state index in [0.717, 1.165) is 81.5 Å². The smallest absolute Gasteiger partial charge is 0.231 e. The standard InChI is InChI=1S/C24H37N3O5S/c28-33(29,27-14-16-30-17-15-27)18-21-6-4-20(5-7-21)8-9-25-10-12-26(13-11-25)22-2-1-3-23-24(22)32-19-31-23/h1-3,20-21H,4-19H2. The second-order valence-corrected chi connectivity index (χ2v) is 11.8. The number of para-hydroxylation sites is 1. The van der Waals surface area contributed by atoms with Crippen molar-refractivity contribution < 1.29 is 22.6 Å². The van der Waals surface area contributed by atoms with Crippen LogP contribution in [0.2, 0.25) is 0 Å². The molecule has 1 aromatic carbocycles. The summed E-state index contributed by atoms with van der Waals surface area (Å²) in [5.41, 5.74) is 1.15. The number of morpholine rings is 1. The van der Waals surface area contributed by atoms with E-state index >= 15 is 0 Å². The van der Waals surface area contributed by atoms with Crippen LogP contribution in [0.5, 0.6) is 11.5 Å². The van der Waals surface area contributed by atoms with Crippen LogP contribution in [-0.4, -0.2) is 89.2 Å². The van der Waals surface area contributed by atoms with E-state index in [0.29, 0.717) is 44.8 Å². The molecule has 1 aliphatic carbocycles. The molecule has 0 N–H and O–H groups in total. The monoisotopic (exact) mass is 479 g/mol. The summed E-state index contributed by atoms with van der Waals surface area (Å²) in [6.07, 6.45) is 5.64. The Balaban J connectivity index is 1.02. The minimum atomic E-state index is -3.14. The molecule has 0 unspecified atom stereocenters. The molecule has 0 atom stereocenters. The summed E-state index contributed by atoms with van der Waals surface area (Å²) in [5, 5.41) is 0. The molecule has 3 aliphatic heterocycles. The number of anilines is 1. The fourth-order valence-electron chi connectivity index (χ4n) is 5.66. The average Bonchev–Trinajstić information content (AvgIpc) is 3.34. The predicted octanol–water partition coefficient (Wildman–Crippen LogP) is 2.40. The van der Waals surface area contributed by atoms with Gasteiger partial charge in [0.1, 0.15) is 0 Å². The molecule has 4 aliphatic rings. The van der Waals surface area contributed by atoms with Gasteiger partial charge >= 0.3 is 0 Å². The molecule has 0 amide bonds. The summed E-state index contributed by atoms with van der Waals surface area (Å²) in [5.74, 6) is 3.10. The van der Waals surface area contributed by atoms with Crippen molar-refractivity contribution in [3.8, 4) is 11.5 Å². The van der Waals surface area contributed by atoms with Gasteiger partial charge in [0, 0.05) is 39.3 Å². The number of rotatable bonds is 7. The number of ether oxygens (including phenoxy) is 3. The van der Waals surface area contributed by atoms with Crippen LogP contribution in [0.25, 0.3) is 0 Å². The molecule has 3 fully saturated rings. The van der Waals surface area contributed by atoms with Crippen molar-refractivity contribution in [3.63, 3.8) is 0 Å². The number of nitrogens with zero attached hydrogens (tertiary/aromatic N) is 3. The molecule has 33 heavy (non-hydrogen) atoms. The van der Waals surface area contributed by atoms with Crippen LogP contribution < -0.4 is 14.4 Å². The topological polar surface area (TPSA) is 71.6 Å². The zero-order chi connectivity index (χ0) is 22.7. The van der Waals surface area contributed by atoms with Crippen molar-refractivity contribution in [2.45, 2.75) is 32.1 Å². The van der Waals surface area contributed by atoms with E-state index in [1.807, 2.05) is 12.1 Å². The summed E-state index contributed by atoms with van der Waals surface area (Å²) < 4.78 is 43.5. The van der Waals surface area contributed by atoms with Gasteiger partial charge in [0.2, 0.25) is 16.8 Å². The molecule has 8 nitrogen and oxygen atoms in total. The van der Waals surface area contributed by atoms with E-state index in [1.165, 1.54) is 6.42 Å². The molecule has 9 heteroatoms. The van der Waals surface area contributed by atoms with Gasteiger partial charge in [-0.15, -0.1) is 0 Å². The number of sulfonamides is 1. The largest absolute Gasteiger partial charge is 0.454 e. The fraction of sp³-hybridized carbons (Fsp3) is 0.750. The Hall–Kier alpha value is -1.55. The molecule has 0 spiro atoms. The molecule has 1 saturated carbocycles. The van der Waals surface area contributed by atoms with Crippen molar-refractivity contribution in [1.29, 1.82) is 0 Å². The molecule has 0 bridgehead atoms. The molecule has 5 rings (SSSR count). The van der Waals surface area contributed by atoms with E-state index in [9.17, 15) is 8.42 Å². The van der Waals surface area contributed by atoms with Gasteiger partial charge in [-0.3, -0.25) is 4.90 Å².